The van der Waals surface area contributed by atoms with Gasteiger partial charge in [0.1, 0.15) is 52.0 Å². The number of rotatable bonds is 8. The van der Waals surface area contributed by atoms with Crippen LogP contribution in [0, 0.1) is 18.6 Å². The van der Waals surface area contributed by atoms with Crippen LogP contribution in [0.5, 0.6) is 11.5 Å². The molecule has 0 radical (unpaired) electrons. The monoisotopic (exact) mass is 692 g/mol. The molecule has 2 aromatic heterocycles. The average molecular weight is 694 g/mol. The first-order valence-electron chi connectivity index (χ1n) is 14.6. The predicted molar refractivity (Wildman–Crippen MR) is 176 cm³/mol. The van der Waals surface area contributed by atoms with Gasteiger partial charge in [0, 0.05) is 28.1 Å². The maximum absolute atomic E-state index is 15.3. The van der Waals surface area contributed by atoms with Gasteiger partial charge in [-0.2, -0.15) is 0 Å². The molecule has 0 unspecified atom stereocenters. The molecular formula is C35H28Cl2F2N4O5. The molecule has 4 N–H and O–H groups in total. The molecule has 0 fully saturated rings. The minimum Gasteiger partial charge on any atom is -0.494 e. The summed E-state index contributed by atoms with van der Waals surface area (Å²) in [6, 6.07) is 16.2. The van der Waals surface area contributed by atoms with E-state index in [0.717, 1.165) is 6.07 Å². The summed E-state index contributed by atoms with van der Waals surface area (Å²) in [6.45, 7) is 2.66. The lowest BCUT2D eigenvalue weighted by molar-refractivity contribution is -0.123. The number of nitrogens with one attached hydrogen (secondary N) is 1. The van der Waals surface area contributed by atoms with Crippen molar-refractivity contribution in [3.63, 3.8) is 0 Å². The Morgan fingerprint density at radius 3 is 2.48 bits per heavy atom. The number of nitrogens with two attached hydrogens (primary N) is 1. The third-order valence-electron chi connectivity index (χ3n) is 8.56. The molecule has 2 amide bonds. The number of carbonyl (C=O) groups is 2. The van der Waals surface area contributed by atoms with E-state index in [1.807, 2.05) is 0 Å². The summed E-state index contributed by atoms with van der Waals surface area (Å²) in [4.78, 5) is 35.5. The van der Waals surface area contributed by atoms with Crippen molar-refractivity contribution >= 4 is 45.9 Å². The SMILES string of the molecule is COc1cc(C(=O)NC[C@@](O)(c2ccccc2)c2cc3c(c(-c4cc(Cl)c(F)cc4F)n2)OC[C@]3(C)C(N)=O)cc2cc(Cl)c(C)nc12. The van der Waals surface area contributed by atoms with E-state index in [9.17, 15) is 19.1 Å². The number of primary amides is 1. The number of carbonyl (C=O) groups excluding carboxylic acids is 2. The second-order valence-corrected chi connectivity index (χ2v) is 12.5. The first kappa shape index (κ1) is 33.1. The first-order chi connectivity index (χ1) is 22.8. The highest BCUT2D eigenvalue weighted by molar-refractivity contribution is 6.32. The number of aromatic nitrogens is 2. The van der Waals surface area contributed by atoms with Gasteiger partial charge in [0.25, 0.3) is 5.91 Å². The van der Waals surface area contributed by atoms with E-state index >= 15 is 4.39 Å². The zero-order valence-electron chi connectivity index (χ0n) is 25.8. The number of methoxy groups -OCH3 is 1. The summed E-state index contributed by atoms with van der Waals surface area (Å²) >= 11 is 12.3. The summed E-state index contributed by atoms with van der Waals surface area (Å²) < 4.78 is 40.8. The zero-order chi connectivity index (χ0) is 34.5. The standard InChI is InChI=1S/C35H28Cl2F2N4O5/c1-17-23(36)10-18-9-19(11-27(47-3)29(18)42-17)32(44)41-15-35(46,20-7-5-4-6-8-20)28-13-22-31(48-16-34(22,2)33(40)45)30(43-28)21-12-24(37)26(39)14-25(21)38/h4-14,46H,15-16H2,1-3H3,(H2,40,45)(H,41,44)/t34-,35+/m0/s1. The molecule has 5 aromatic rings. The third kappa shape index (κ3) is 5.57. The second-order valence-electron chi connectivity index (χ2n) is 11.7. The van der Waals surface area contributed by atoms with E-state index in [4.69, 9.17) is 38.4 Å². The Kier molecular flexibility index (Phi) is 8.49. The number of hydrogen-bond donors (Lipinski definition) is 3. The fraction of sp³-hybridized carbons (Fsp3) is 0.200. The molecule has 3 heterocycles. The van der Waals surface area contributed by atoms with E-state index < -0.39 is 41.0 Å². The van der Waals surface area contributed by atoms with Crippen LogP contribution in [0.15, 0.2) is 66.7 Å². The Morgan fingerprint density at radius 1 is 1.06 bits per heavy atom. The number of halogens is 4. The lowest BCUT2D eigenvalue weighted by Gasteiger charge is -2.30. The van der Waals surface area contributed by atoms with Crippen molar-refractivity contribution < 1.29 is 33.0 Å². The van der Waals surface area contributed by atoms with Crippen LogP contribution >= 0.6 is 23.2 Å². The van der Waals surface area contributed by atoms with Crippen molar-refractivity contribution in [1.82, 2.24) is 15.3 Å². The normalized spacial score (nSPS) is 16.6. The molecule has 246 valence electrons. The predicted octanol–water partition coefficient (Wildman–Crippen LogP) is 6.00. The maximum atomic E-state index is 15.3. The molecule has 3 aromatic carbocycles. The number of nitrogens with zero attached hydrogens (tertiary/aromatic N) is 2. The minimum absolute atomic E-state index is 0.0202. The molecule has 2 atom stereocenters. The van der Waals surface area contributed by atoms with Crippen molar-refractivity contribution in [2.75, 3.05) is 20.3 Å². The van der Waals surface area contributed by atoms with Gasteiger partial charge in [-0.1, -0.05) is 53.5 Å². The number of aryl methyl sites for hydroxylation is 1. The van der Waals surface area contributed by atoms with Crippen molar-refractivity contribution in [3.8, 4) is 22.8 Å². The summed E-state index contributed by atoms with van der Waals surface area (Å²) in [5.41, 5.74) is 3.69. The summed E-state index contributed by atoms with van der Waals surface area (Å²) in [5, 5.41) is 15.9. The molecular weight excluding hydrogens is 665 g/mol. The Morgan fingerprint density at radius 2 is 1.79 bits per heavy atom. The lowest BCUT2D eigenvalue weighted by atomic mass is 9.80. The van der Waals surface area contributed by atoms with Crippen LogP contribution in [0.1, 0.15) is 39.8 Å². The smallest absolute Gasteiger partial charge is 0.251 e. The lowest BCUT2D eigenvalue weighted by Crippen LogP contribution is -2.43. The largest absolute Gasteiger partial charge is 0.494 e. The van der Waals surface area contributed by atoms with Crippen molar-refractivity contribution in [2.45, 2.75) is 24.9 Å². The van der Waals surface area contributed by atoms with Gasteiger partial charge in [0.05, 0.1) is 35.1 Å². The fourth-order valence-electron chi connectivity index (χ4n) is 5.66. The van der Waals surface area contributed by atoms with Crippen LogP contribution < -0.4 is 20.5 Å². The summed E-state index contributed by atoms with van der Waals surface area (Å²) in [5.74, 6) is -2.96. The molecule has 48 heavy (non-hydrogen) atoms. The van der Waals surface area contributed by atoms with Crippen LogP contribution in [0.25, 0.3) is 22.2 Å². The number of amides is 2. The Labute approximate surface area is 283 Å². The van der Waals surface area contributed by atoms with Gasteiger partial charge in [-0.3, -0.25) is 9.59 Å². The molecule has 6 rings (SSSR count). The van der Waals surface area contributed by atoms with E-state index in [-0.39, 0.29) is 45.5 Å². The zero-order valence-corrected chi connectivity index (χ0v) is 27.3. The first-order valence-corrected chi connectivity index (χ1v) is 15.4. The molecule has 13 heteroatoms. The molecule has 0 bridgehead atoms. The van der Waals surface area contributed by atoms with Crippen LogP contribution in [0.2, 0.25) is 10.0 Å². The van der Waals surface area contributed by atoms with Gasteiger partial charge in [0.2, 0.25) is 5.91 Å². The van der Waals surface area contributed by atoms with E-state index in [1.165, 1.54) is 19.2 Å². The number of ether oxygens (including phenoxy) is 2. The van der Waals surface area contributed by atoms with Gasteiger partial charge in [-0.25, -0.2) is 18.7 Å². The maximum Gasteiger partial charge on any atom is 0.251 e. The molecule has 1 aliphatic heterocycles. The number of benzene rings is 3. The molecule has 0 spiro atoms. The molecule has 0 saturated carbocycles. The Hall–Kier alpha value is -4.84. The summed E-state index contributed by atoms with van der Waals surface area (Å²) in [6.07, 6.45) is 0. The highest BCUT2D eigenvalue weighted by atomic mass is 35.5. The Bertz CT molecular complexity index is 2130. The van der Waals surface area contributed by atoms with Crippen molar-refractivity contribution in [1.29, 1.82) is 0 Å². The van der Waals surface area contributed by atoms with Crippen molar-refractivity contribution in [2.24, 2.45) is 5.73 Å². The topological polar surface area (TPSA) is 137 Å². The highest BCUT2D eigenvalue weighted by Gasteiger charge is 2.46. The van der Waals surface area contributed by atoms with E-state index in [0.29, 0.717) is 39.0 Å². The molecule has 1 aliphatic rings. The summed E-state index contributed by atoms with van der Waals surface area (Å²) in [7, 11) is 1.45. The molecule has 0 saturated heterocycles. The number of pyridine rings is 2. The number of hydrogen-bond acceptors (Lipinski definition) is 7. The van der Waals surface area contributed by atoms with Crippen LogP contribution in [0.4, 0.5) is 8.78 Å². The Balaban J connectivity index is 1.49. The minimum atomic E-state index is -2.06. The highest BCUT2D eigenvalue weighted by Crippen LogP contribution is 2.47. The molecule has 0 aliphatic carbocycles. The van der Waals surface area contributed by atoms with Gasteiger partial charge in [-0.05, 0) is 49.7 Å². The number of aliphatic hydroxyl groups is 1. The fourth-order valence-corrected chi connectivity index (χ4v) is 5.98. The van der Waals surface area contributed by atoms with Gasteiger partial charge in [-0.15, -0.1) is 0 Å². The van der Waals surface area contributed by atoms with Crippen LogP contribution in [-0.4, -0.2) is 47.2 Å². The second kappa shape index (κ2) is 12.3. The quantitative estimate of drug-likeness (QED) is 0.170. The van der Waals surface area contributed by atoms with Gasteiger partial charge >= 0.3 is 0 Å². The van der Waals surface area contributed by atoms with Crippen LogP contribution in [-0.2, 0) is 15.8 Å². The van der Waals surface area contributed by atoms with E-state index in [1.54, 1.807) is 56.3 Å². The van der Waals surface area contributed by atoms with Crippen LogP contribution in [0.3, 0.4) is 0 Å². The van der Waals surface area contributed by atoms with E-state index in [2.05, 4.69) is 15.3 Å². The number of fused-ring (bicyclic) bond motifs is 2. The average Bonchev–Trinajstić information content (AvgIpc) is 3.43. The molecule has 9 nitrogen and oxygen atoms in total. The third-order valence-corrected chi connectivity index (χ3v) is 9.23. The van der Waals surface area contributed by atoms with Gasteiger partial charge in [0.15, 0.2) is 0 Å². The van der Waals surface area contributed by atoms with Gasteiger partial charge < -0.3 is 25.6 Å². The van der Waals surface area contributed by atoms with Crippen molar-refractivity contribution in [3.05, 3.63) is 116 Å².